The van der Waals surface area contributed by atoms with E-state index in [0.29, 0.717) is 16.3 Å². The number of nitrogens with one attached hydrogen (secondary N) is 1. The van der Waals surface area contributed by atoms with Crippen LogP contribution in [0.15, 0.2) is 46.8 Å². The quantitative estimate of drug-likeness (QED) is 0.662. The summed E-state index contributed by atoms with van der Waals surface area (Å²) in [6.45, 7) is 0. The van der Waals surface area contributed by atoms with Crippen molar-refractivity contribution in [2.24, 2.45) is 5.73 Å². The van der Waals surface area contributed by atoms with E-state index in [1.807, 2.05) is 12.1 Å². The van der Waals surface area contributed by atoms with Crippen LogP contribution < -0.4 is 11.1 Å². The van der Waals surface area contributed by atoms with Gasteiger partial charge in [0.1, 0.15) is 0 Å². The number of hydrogen-bond acceptors (Lipinski definition) is 5. The maximum Gasteiger partial charge on any atom is 0.257 e. The number of rotatable bonds is 5. The fourth-order valence-electron chi connectivity index (χ4n) is 2.02. The fraction of sp³-hybridized carbons (Fsp3) is 0.0625. The van der Waals surface area contributed by atoms with Gasteiger partial charge in [0.2, 0.25) is 5.91 Å². The summed E-state index contributed by atoms with van der Waals surface area (Å²) in [5.41, 5.74) is 7.02. The summed E-state index contributed by atoms with van der Waals surface area (Å²) in [5, 5.41) is 3.23. The van der Waals surface area contributed by atoms with Crippen molar-refractivity contribution in [3.8, 4) is 0 Å². The highest BCUT2D eigenvalue weighted by molar-refractivity contribution is 8.01. The number of thiazole rings is 1. The molecule has 24 heavy (non-hydrogen) atoms. The Kier molecular flexibility index (Phi) is 5.03. The van der Waals surface area contributed by atoms with Gasteiger partial charge < -0.3 is 11.1 Å². The highest BCUT2D eigenvalue weighted by atomic mass is 35.5. The Morgan fingerprint density at radius 3 is 2.79 bits per heavy atom. The Labute approximate surface area is 151 Å². The first-order valence-corrected chi connectivity index (χ1v) is 9.08. The molecule has 5 nitrogen and oxygen atoms in total. The van der Waals surface area contributed by atoms with E-state index in [-0.39, 0.29) is 17.6 Å². The highest BCUT2D eigenvalue weighted by Crippen LogP contribution is 2.31. The van der Waals surface area contributed by atoms with Crippen LogP contribution in [0.3, 0.4) is 0 Å². The second-order valence-electron chi connectivity index (χ2n) is 4.85. The summed E-state index contributed by atoms with van der Waals surface area (Å²) >= 11 is 8.78. The fourth-order valence-corrected chi connectivity index (χ4v) is 4.09. The molecule has 3 aromatic rings. The van der Waals surface area contributed by atoms with Crippen molar-refractivity contribution in [1.29, 1.82) is 0 Å². The lowest BCUT2D eigenvalue weighted by molar-refractivity contribution is -0.115. The summed E-state index contributed by atoms with van der Waals surface area (Å²) < 4.78 is 1.68. The molecule has 0 aliphatic carbocycles. The second kappa shape index (κ2) is 7.21. The second-order valence-corrected chi connectivity index (χ2v) is 7.51. The number of primary amides is 1. The van der Waals surface area contributed by atoms with Gasteiger partial charge in [-0.25, -0.2) is 4.98 Å². The number of halogens is 1. The average Bonchev–Trinajstić information content (AvgIpc) is 2.95. The Morgan fingerprint density at radius 2 is 2.04 bits per heavy atom. The minimum Gasteiger partial charge on any atom is -0.369 e. The number of nitrogens with zero attached hydrogens (tertiary/aromatic N) is 1. The SMILES string of the molecule is NC(=O)CSc1nc2ccc(NC(=O)c3ccccc3Cl)cc2s1. The molecule has 0 aliphatic rings. The molecule has 1 aromatic heterocycles. The van der Waals surface area contributed by atoms with Gasteiger partial charge in [-0.05, 0) is 30.3 Å². The number of thioether (sulfide) groups is 1. The van der Waals surface area contributed by atoms with Gasteiger partial charge in [0, 0.05) is 5.69 Å². The minimum atomic E-state index is -0.382. The maximum absolute atomic E-state index is 12.3. The zero-order valence-electron chi connectivity index (χ0n) is 12.3. The molecule has 0 bridgehead atoms. The number of aromatic nitrogens is 1. The van der Waals surface area contributed by atoms with E-state index in [0.717, 1.165) is 14.6 Å². The third kappa shape index (κ3) is 3.87. The molecule has 0 saturated carbocycles. The minimum absolute atomic E-state index is 0.190. The molecular weight excluding hydrogens is 366 g/mol. The predicted molar refractivity (Wildman–Crippen MR) is 98.9 cm³/mol. The molecule has 0 radical (unpaired) electrons. The normalized spacial score (nSPS) is 10.7. The Bertz CT molecular complexity index is 927. The summed E-state index contributed by atoms with van der Waals surface area (Å²) in [6, 6.07) is 12.3. The molecule has 2 amide bonds. The van der Waals surface area contributed by atoms with Crippen LogP contribution in [0.4, 0.5) is 5.69 Å². The molecule has 122 valence electrons. The van der Waals surface area contributed by atoms with Crippen LogP contribution in [0, 0.1) is 0 Å². The number of carbonyl (C=O) groups is 2. The third-order valence-corrected chi connectivity index (χ3v) is 5.60. The molecule has 1 heterocycles. The molecule has 0 spiro atoms. The first kappa shape index (κ1) is 16.8. The van der Waals surface area contributed by atoms with Gasteiger partial charge in [-0.1, -0.05) is 35.5 Å². The average molecular weight is 378 g/mol. The molecule has 0 fully saturated rings. The monoisotopic (exact) mass is 377 g/mol. The van der Waals surface area contributed by atoms with Gasteiger partial charge >= 0.3 is 0 Å². The molecule has 3 N–H and O–H groups in total. The largest absolute Gasteiger partial charge is 0.369 e. The van der Waals surface area contributed by atoms with Crippen molar-refractivity contribution in [2.75, 3.05) is 11.1 Å². The van der Waals surface area contributed by atoms with Crippen molar-refractivity contribution >= 4 is 62.4 Å². The number of carbonyl (C=O) groups excluding carboxylic acids is 2. The van der Waals surface area contributed by atoms with E-state index < -0.39 is 0 Å². The molecule has 2 aromatic carbocycles. The summed E-state index contributed by atoms with van der Waals surface area (Å²) in [4.78, 5) is 27.6. The topological polar surface area (TPSA) is 85.1 Å². The molecule has 8 heteroatoms. The standard InChI is InChI=1S/C16H12ClN3O2S2/c17-11-4-2-1-3-10(11)15(22)19-9-5-6-12-13(7-9)24-16(20-12)23-8-14(18)21/h1-7H,8H2,(H2,18,21)(H,19,22). The Morgan fingerprint density at radius 1 is 1.25 bits per heavy atom. The van der Waals surface area contributed by atoms with Gasteiger partial charge in [0.05, 0.1) is 26.6 Å². The van der Waals surface area contributed by atoms with Crippen molar-refractivity contribution in [3.05, 3.63) is 53.1 Å². The van der Waals surface area contributed by atoms with Crippen LogP contribution in [-0.4, -0.2) is 22.6 Å². The number of nitrogens with two attached hydrogens (primary N) is 1. The molecule has 0 unspecified atom stereocenters. The predicted octanol–water partition coefficient (Wildman–Crippen LogP) is 3.78. The number of hydrogen-bond donors (Lipinski definition) is 2. The van der Waals surface area contributed by atoms with Crippen molar-refractivity contribution < 1.29 is 9.59 Å². The van der Waals surface area contributed by atoms with E-state index in [1.165, 1.54) is 23.1 Å². The van der Waals surface area contributed by atoms with Gasteiger partial charge in [-0.15, -0.1) is 11.3 Å². The van der Waals surface area contributed by atoms with Gasteiger partial charge in [-0.2, -0.15) is 0 Å². The smallest absolute Gasteiger partial charge is 0.257 e. The van der Waals surface area contributed by atoms with E-state index in [1.54, 1.807) is 30.3 Å². The highest BCUT2D eigenvalue weighted by Gasteiger charge is 2.11. The maximum atomic E-state index is 12.3. The van der Waals surface area contributed by atoms with Crippen LogP contribution >= 0.6 is 34.7 Å². The Balaban J connectivity index is 1.79. The number of benzene rings is 2. The van der Waals surface area contributed by atoms with Gasteiger partial charge in [-0.3, -0.25) is 9.59 Å². The lowest BCUT2D eigenvalue weighted by Crippen LogP contribution is -2.12. The molecule has 0 saturated heterocycles. The first-order valence-electron chi connectivity index (χ1n) is 6.90. The van der Waals surface area contributed by atoms with Crippen LogP contribution in [0.1, 0.15) is 10.4 Å². The van der Waals surface area contributed by atoms with Crippen LogP contribution in [0.2, 0.25) is 5.02 Å². The van der Waals surface area contributed by atoms with Crippen LogP contribution in [0.5, 0.6) is 0 Å². The summed E-state index contributed by atoms with van der Waals surface area (Å²) in [5.74, 6) is -0.463. The lowest BCUT2D eigenvalue weighted by Gasteiger charge is -2.06. The van der Waals surface area contributed by atoms with Crippen molar-refractivity contribution in [3.63, 3.8) is 0 Å². The van der Waals surface area contributed by atoms with Crippen molar-refractivity contribution in [2.45, 2.75) is 4.34 Å². The summed E-state index contributed by atoms with van der Waals surface area (Å²) in [6.07, 6.45) is 0. The number of amides is 2. The summed E-state index contributed by atoms with van der Waals surface area (Å²) in [7, 11) is 0. The van der Waals surface area contributed by atoms with E-state index >= 15 is 0 Å². The van der Waals surface area contributed by atoms with Gasteiger partial charge in [0.15, 0.2) is 4.34 Å². The molecule has 0 atom stereocenters. The van der Waals surface area contributed by atoms with Crippen LogP contribution in [0.25, 0.3) is 10.2 Å². The number of fused-ring (bicyclic) bond motifs is 1. The van der Waals surface area contributed by atoms with E-state index in [4.69, 9.17) is 17.3 Å². The zero-order valence-corrected chi connectivity index (χ0v) is 14.7. The number of anilines is 1. The van der Waals surface area contributed by atoms with E-state index in [2.05, 4.69) is 10.3 Å². The van der Waals surface area contributed by atoms with Crippen LogP contribution in [-0.2, 0) is 4.79 Å². The molecule has 0 aliphatic heterocycles. The zero-order chi connectivity index (χ0) is 17.1. The first-order chi connectivity index (χ1) is 11.5. The van der Waals surface area contributed by atoms with Gasteiger partial charge in [0.25, 0.3) is 5.91 Å². The Hall–Kier alpha value is -2.09. The molecule has 3 rings (SSSR count). The van der Waals surface area contributed by atoms with E-state index in [9.17, 15) is 9.59 Å². The third-order valence-electron chi connectivity index (χ3n) is 3.08. The molecular formula is C16H12ClN3O2S2. The lowest BCUT2D eigenvalue weighted by atomic mass is 10.2. The van der Waals surface area contributed by atoms with Crippen molar-refractivity contribution in [1.82, 2.24) is 4.98 Å².